The van der Waals surface area contributed by atoms with Gasteiger partial charge in [0.2, 0.25) is 0 Å². The molecule has 0 aromatic carbocycles. The van der Waals surface area contributed by atoms with E-state index >= 15 is 0 Å². The minimum Gasteiger partial charge on any atom is -0.480 e. The molecule has 0 radical (unpaired) electrons. The van der Waals surface area contributed by atoms with Gasteiger partial charge in [-0.15, -0.1) is 0 Å². The molecule has 0 amide bonds. The summed E-state index contributed by atoms with van der Waals surface area (Å²) in [5.41, 5.74) is 0. The molecule has 1 fully saturated rings. The molecule has 1 N–H and O–H groups in total. The van der Waals surface area contributed by atoms with Crippen molar-refractivity contribution in [1.82, 2.24) is 4.90 Å². The van der Waals surface area contributed by atoms with E-state index in [0.29, 0.717) is 12.5 Å². The normalized spacial score (nSPS) is 29.4. The number of carboxylic acids is 1. The summed E-state index contributed by atoms with van der Waals surface area (Å²) >= 11 is 0. The van der Waals surface area contributed by atoms with Crippen LogP contribution in [0.3, 0.4) is 0 Å². The van der Waals surface area contributed by atoms with E-state index in [2.05, 4.69) is 6.92 Å². The maximum absolute atomic E-state index is 11.0. The molecule has 0 bridgehead atoms. The molecular formula is C11H21NO2. The van der Waals surface area contributed by atoms with Gasteiger partial charge in [0.25, 0.3) is 0 Å². The number of hydrogen-bond acceptors (Lipinski definition) is 2. The second kappa shape index (κ2) is 4.78. The van der Waals surface area contributed by atoms with Gasteiger partial charge in [-0.05, 0) is 38.6 Å². The molecule has 0 spiro atoms. The Kier molecular flexibility index (Phi) is 3.93. The zero-order valence-corrected chi connectivity index (χ0v) is 9.36. The fourth-order valence-corrected chi connectivity index (χ4v) is 2.44. The lowest BCUT2D eigenvalue weighted by Crippen LogP contribution is -2.43. The summed E-state index contributed by atoms with van der Waals surface area (Å²) in [6.07, 6.45) is 4.24. The van der Waals surface area contributed by atoms with Gasteiger partial charge in [0, 0.05) is 6.04 Å². The minimum atomic E-state index is -0.686. The van der Waals surface area contributed by atoms with Gasteiger partial charge in [0.05, 0.1) is 0 Å². The van der Waals surface area contributed by atoms with Crippen molar-refractivity contribution >= 4 is 5.97 Å². The van der Waals surface area contributed by atoms with Gasteiger partial charge in [-0.3, -0.25) is 9.69 Å². The van der Waals surface area contributed by atoms with Crippen LogP contribution in [0.4, 0.5) is 0 Å². The highest BCUT2D eigenvalue weighted by Gasteiger charge is 2.31. The van der Waals surface area contributed by atoms with Crippen molar-refractivity contribution in [3.05, 3.63) is 0 Å². The lowest BCUT2D eigenvalue weighted by atomic mass is 10.1. The molecule has 1 saturated carbocycles. The molecule has 14 heavy (non-hydrogen) atoms. The van der Waals surface area contributed by atoms with E-state index in [-0.39, 0.29) is 6.04 Å². The third-order valence-corrected chi connectivity index (χ3v) is 3.41. The highest BCUT2D eigenvalue weighted by atomic mass is 16.4. The lowest BCUT2D eigenvalue weighted by Gasteiger charge is -2.29. The van der Waals surface area contributed by atoms with E-state index in [0.717, 1.165) is 18.8 Å². The standard InChI is InChI=1S/C11H21NO2/c1-4-10(11(13)14)12(3)9-6-5-8(2)7-9/h8-10H,4-7H2,1-3H3,(H,13,14). The quantitative estimate of drug-likeness (QED) is 0.752. The van der Waals surface area contributed by atoms with Gasteiger partial charge in [-0.2, -0.15) is 0 Å². The number of carboxylic acid groups (broad SMARTS) is 1. The number of carbonyl (C=O) groups is 1. The Labute approximate surface area is 86.1 Å². The first-order valence-electron chi connectivity index (χ1n) is 5.51. The van der Waals surface area contributed by atoms with E-state index in [4.69, 9.17) is 5.11 Å². The molecule has 3 heteroatoms. The summed E-state index contributed by atoms with van der Waals surface area (Å²) in [4.78, 5) is 13.0. The van der Waals surface area contributed by atoms with Crippen molar-refractivity contribution in [3.63, 3.8) is 0 Å². The smallest absolute Gasteiger partial charge is 0.320 e. The Morgan fingerprint density at radius 1 is 1.57 bits per heavy atom. The van der Waals surface area contributed by atoms with Crippen LogP contribution in [-0.2, 0) is 4.79 Å². The Balaban J connectivity index is 2.54. The molecule has 0 aliphatic heterocycles. The van der Waals surface area contributed by atoms with Crippen LogP contribution in [0, 0.1) is 5.92 Å². The first-order chi connectivity index (χ1) is 6.56. The monoisotopic (exact) mass is 199 g/mol. The second-order valence-electron chi connectivity index (χ2n) is 4.50. The fraction of sp³-hybridized carbons (Fsp3) is 0.909. The van der Waals surface area contributed by atoms with E-state index in [1.807, 2.05) is 18.9 Å². The summed E-state index contributed by atoms with van der Waals surface area (Å²) in [6, 6.07) is 0.177. The third-order valence-electron chi connectivity index (χ3n) is 3.41. The molecule has 3 unspecified atom stereocenters. The van der Waals surface area contributed by atoms with Crippen LogP contribution in [0.2, 0.25) is 0 Å². The zero-order valence-electron chi connectivity index (χ0n) is 9.36. The average molecular weight is 199 g/mol. The van der Waals surface area contributed by atoms with Gasteiger partial charge in [-0.1, -0.05) is 13.8 Å². The summed E-state index contributed by atoms with van der Waals surface area (Å²) in [6.45, 7) is 4.18. The maximum Gasteiger partial charge on any atom is 0.320 e. The summed E-state index contributed by atoms with van der Waals surface area (Å²) < 4.78 is 0. The average Bonchev–Trinajstić information content (AvgIpc) is 2.52. The van der Waals surface area contributed by atoms with Crippen LogP contribution < -0.4 is 0 Å². The van der Waals surface area contributed by atoms with E-state index in [9.17, 15) is 4.79 Å². The predicted molar refractivity (Wildman–Crippen MR) is 56.3 cm³/mol. The molecule has 0 saturated heterocycles. The van der Waals surface area contributed by atoms with Crippen LogP contribution >= 0.6 is 0 Å². The third kappa shape index (κ3) is 2.47. The number of nitrogens with zero attached hydrogens (tertiary/aromatic N) is 1. The second-order valence-corrected chi connectivity index (χ2v) is 4.50. The van der Waals surface area contributed by atoms with Crippen LogP contribution in [0.5, 0.6) is 0 Å². The largest absolute Gasteiger partial charge is 0.480 e. The van der Waals surface area contributed by atoms with Crippen LogP contribution in [0.15, 0.2) is 0 Å². The number of aliphatic carboxylic acids is 1. The van der Waals surface area contributed by atoms with Crippen LogP contribution in [0.1, 0.15) is 39.5 Å². The molecule has 3 nitrogen and oxygen atoms in total. The Morgan fingerprint density at radius 2 is 2.21 bits per heavy atom. The van der Waals surface area contributed by atoms with E-state index in [1.54, 1.807) is 0 Å². The maximum atomic E-state index is 11.0. The molecular weight excluding hydrogens is 178 g/mol. The summed E-state index contributed by atoms with van der Waals surface area (Å²) in [5, 5.41) is 9.03. The van der Waals surface area contributed by atoms with Crippen LogP contribution in [-0.4, -0.2) is 35.1 Å². The van der Waals surface area contributed by atoms with E-state index in [1.165, 1.54) is 6.42 Å². The molecule has 0 aromatic rings. The molecule has 1 rings (SSSR count). The van der Waals surface area contributed by atoms with E-state index < -0.39 is 5.97 Å². The highest BCUT2D eigenvalue weighted by Crippen LogP contribution is 2.29. The van der Waals surface area contributed by atoms with Crippen molar-refractivity contribution in [1.29, 1.82) is 0 Å². The van der Waals surface area contributed by atoms with Gasteiger partial charge in [-0.25, -0.2) is 0 Å². The predicted octanol–water partition coefficient (Wildman–Crippen LogP) is 1.97. The Morgan fingerprint density at radius 3 is 2.57 bits per heavy atom. The van der Waals surface area contributed by atoms with Crippen LogP contribution in [0.25, 0.3) is 0 Å². The van der Waals surface area contributed by atoms with Crippen molar-refractivity contribution < 1.29 is 9.90 Å². The number of hydrogen-bond donors (Lipinski definition) is 1. The fourth-order valence-electron chi connectivity index (χ4n) is 2.44. The van der Waals surface area contributed by atoms with Crippen molar-refractivity contribution in [2.24, 2.45) is 5.92 Å². The molecule has 0 heterocycles. The topological polar surface area (TPSA) is 40.5 Å². The first-order valence-corrected chi connectivity index (χ1v) is 5.51. The molecule has 0 aromatic heterocycles. The Bertz CT molecular complexity index is 205. The minimum absolute atomic E-state index is 0.301. The number of rotatable bonds is 4. The first kappa shape index (κ1) is 11.5. The van der Waals surface area contributed by atoms with Gasteiger partial charge in [0.15, 0.2) is 0 Å². The SMILES string of the molecule is CCC(C(=O)O)N(C)C1CCC(C)C1. The molecule has 82 valence electrons. The van der Waals surface area contributed by atoms with Gasteiger partial charge < -0.3 is 5.11 Å². The molecule has 3 atom stereocenters. The number of likely N-dealkylation sites (N-methyl/N-ethyl adjacent to an activating group) is 1. The summed E-state index contributed by atoms with van der Waals surface area (Å²) in [5.74, 6) is 0.0725. The Hall–Kier alpha value is -0.570. The molecule has 1 aliphatic rings. The highest BCUT2D eigenvalue weighted by molar-refractivity contribution is 5.73. The summed E-state index contributed by atoms with van der Waals surface area (Å²) in [7, 11) is 1.95. The van der Waals surface area contributed by atoms with Crippen molar-refractivity contribution in [2.45, 2.75) is 51.6 Å². The lowest BCUT2D eigenvalue weighted by molar-refractivity contribution is -0.143. The van der Waals surface area contributed by atoms with Gasteiger partial charge in [0.1, 0.15) is 6.04 Å². The zero-order chi connectivity index (χ0) is 10.7. The van der Waals surface area contributed by atoms with Gasteiger partial charge >= 0.3 is 5.97 Å². The molecule has 1 aliphatic carbocycles. The van der Waals surface area contributed by atoms with Crippen molar-refractivity contribution in [3.8, 4) is 0 Å². The van der Waals surface area contributed by atoms with Crippen molar-refractivity contribution in [2.75, 3.05) is 7.05 Å².